The number of carbonyl (C=O) groups excluding carboxylic acids is 1. The number of halogens is 4. The molecule has 28 heavy (non-hydrogen) atoms. The number of anilines is 1. The Kier molecular flexibility index (Phi) is 5.82. The minimum Gasteiger partial charge on any atom is -0.444 e. The largest absolute Gasteiger partial charge is 0.444 e. The lowest BCUT2D eigenvalue weighted by Gasteiger charge is -2.47. The van der Waals surface area contributed by atoms with Gasteiger partial charge < -0.3 is 14.4 Å². The Bertz CT molecular complexity index is 739. The van der Waals surface area contributed by atoms with Crippen molar-refractivity contribution in [3.63, 3.8) is 0 Å². The number of alkyl halides is 3. The number of rotatable bonds is 1. The summed E-state index contributed by atoms with van der Waals surface area (Å²) in [6.45, 7) is 6.98. The molecule has 2 atom stereocenters. The maximum atomic E-state index is 13.2. The molecule has 0 unspecified atom stereocenters. The third-order valence-corrected chi connectivity index (χ3v) is 5.05. The quantitative estimate of drug-likeness (QED) is 0.585. The number of pyridine rings is 1. The van der Waals surface area contributed by atoms with Crippen LogP contribution in [0, 0.1) is 0 Å². The Morgan fingerprint density at radius 2 is 2.00 bits per heavy atom. The van der Waals surface area contributed by atoms with Gasteiger partial charge in [0.15, 0.2) is 0 Å². The molecule has 0 saturated carbocycles. The molecule has 3 rings (SSSR count). The average Bonchev–Trinajstić information content (AvgIpc) is 2.58. The molecule has 6 nitrogen and oxygen atoms in total. The van der Waals surface area contributed by atoms with Gasteiger partial charge >= 0.3 is 12.3 Å². The summed E-state index contributed by atoms with van der Waals surface area (Å²) in [5.74, 6) is 0.217. The van der Waals surface area contributed by atoms with Crippen LogP contribution in [-0.2, 0) is 15.7 Å². The molecule has 0 radical (unpaired) electrons. The van der Waals surface area contributed by atoms with Gasteiger partial charge in [0, 0.05) is 19.6 Å². The number of aromatic nitrogens is 1. The zero-order chi connectivity index (χ0) is 20.7. The average molecular weight is 466 g/mol. The zero-order valence-electron chi connectivity index (χ0n) is 15.9. The van der Waals surface area contributed by atoms with E-state index < -0.39 is 23.4 Å². The number of carbonyl (C=O) groups is 1. The molecule has 0 aromatic carbocycles. The first-order chi connectivity index (χ1) is 12.9. The standard InChI is InChI=1S/C18H23BrF3N3O3/c1-17(2,3)28-16(26)25-6-7-27-13-4-5-24(10-12(13)25)15-9-11(18(20,21)22)8-14(19)23-15/h8-9,12-13H,4-7,10H2,1-3H3/t12-,13-/m1/s1. The molecular formula is C18H23BrF3N3O3. The fraction of sp³-hybridized carbons (Fsp3) is 0.667. The van der Waals surface area contributed by atoms with Crippen LogP contribution in [0.25, 0.3) is 0 Å². The second kappa shape index (κ2) is 7.70. The minimum absolute atomic E-state index is 0.114. The molecular weight excluding hydrogens is 443 g/mol. The first-order valence-corrected chi connectivity index (χ1v) is 9.84. The van der Waals surface area contributed by atoms with Crippen LogP contribution >= 0.6 is 15.9 Å². The van der Waals surface area contributed by atoms with Gasteiger partial charge in [0.25, 0.3) is 0 Å². The first-order valence-electron chi connectivity index (χ1n) is 9.05. The van der Waals surface area contributed by atoms with Crippen LogP contribution in [0.3, 0.4) is 0 Å². The number of nitrogens with zero attached hydrogens (tertiary/aromatic N) is 3. The van der Waals surface area contributed by atoms with Crippen molar-refractivity contribution in [2.75, 3.05) is 31.1 Å². The number of amides is 1. The van der Waals surface area contributed by atoms with Gasteiger partial charge in [0.1, 0.15) is 16.0 Å². The fourth-order valence-electron chi connectivity index (χ4n) is 3.44. The Hall–Kier alpha value is -1.55. The van der Waals surface area contributed by atoms with Gasteiger partial charge in [-0.15, -0.1) is 0 Å². The van der Waals surface area contributed by atoms with Gasteiger partial charge in [0.2, 0.25) is 0 Å². The highest BCUT2D eigenvalue weighted by molar-refractivity contribution is 9.10. The second-order valence-electron chi connectivity index (χ2n) is 7.92. The van der Waals surface area contributed by atoms with Gasteiger partial charge in [-0.1, -0.05) is 0 Å². The zero-order valence-corrected chi connectivity index (χ0v) is 17.5. The third kappa shape index (κ3) is 4.89. The highest BCUT2D eigenvalue weighted by Gasteiger charge is 2.41. The molecule has 1 amide bonds. The van der Waals surface area contributed by atoms with Gasteiger partial charge in [-0.3, -0.25) is 4.90 Å². The van der Waals surface area contributed by atoms with Crippen molar-refractivity contribution >= 4 is 27.8 Å². The third-order valence-electron chi connectivity index (χ3n) is 4.64. The van der Waals surface area contributed by atoms with E-state index >= 15 is 0 Å². The lowest BCUT2D eigenvalue weighted by Crippen LogP contribution is -2.62. The van der Waals surface area contributed by atoms with E-state index in [2.05, 4.69) is 20.9 Å². The predicted octanol–water partition coefficient (Wildman–Crippen LogP) is 4.08. The summed E-state index contributed by atoms with van der Waals surface area (Å²) in [6.07, 6.45) is -4.49. The van der Waals surface area contributed by atoms with Gasteiger partial charge in [-0.2, -0.15) is 13.2 Å². The van der Waals surface area contributed by atoms with Crippen LogP contribution < -0.4 is 4.90 Å². The topological polar surface area (TPSA) is 54.9 Å². The number of ether oxygens (including phenoxy) is 2. The van der Waals surface area contributed by atoms with E-state index in [9.17, 15) is 18.0 Å². The Morgan fingerprint density at radius 3 is 2.64 bits per heavy atom. The molecule has 10 heteroatoms. The molecule has 3 heterocycles. The van der Waals surface area contributed by atoms with Crippen molar-refractivity contribution < 1.29 is 27.4 Å². The van der Waals surface area contributed by atoms with E-state index in [1.807, 2.05) is 0 Å². The molecule has 2 aliphatic rings. The van der Waals surface area contributed by atoms with E-state index in [1.54, 1.807) is 30.6 Å². The van der Waals surface area contributed by atoms with Crippen molar-refractivity contribution in [3.8, 4) is 0 Å². The monoisotopic (exact) mass is 465 g/mol. The molecule has 0 aliphatic carbocycles. The Morgan fingerprint density at radius 1 is 1.29 bits per heavy atom. The predicted molar refractivity (Wildman–Crippen MR) is 100 cm³/mol. The molecule has 2 fully saturated rings. The van der Waals surface area contributed by atoms with Gasteiger partial charge in [-0.05, 0) is 55.3 Å². The second-order valence-corrected chi connectivity index (χ2v) is 8.73. The molecule has 1 aromatic heterocycles. The summed E-state index contributed by atoms with van der Waals surface area (Å²) in [4.78, 5) is 20.2. The van der Waals surface area contributed by atoms with Crippen molar-refractivity contribution in [1.82, 2.24) is 9.88 Å². The van der Waals surface area contributed by atoms with Crippen molar-refractivity contribution in [1.29, 1.82) is 0 Å². The van der Waals surface area contributed by atoms with Gasteiger partial charge in [0.05, 0.1) is 24.3 Å². The summed E-state index contributed by atoms with van der Waals surface area (Å²) in [6, 6.07) is 1.67. The number of hydrogen-bond acceptors (Lipinski definition) is 5. The van der Waals surface area contributed by atoms with Crippen LogP contribution in [0.2, 0.25) is 0 Å². The fourth-order valence-corrected chi connectivity index (χ4v) is 3.86. The van der Waals surface area contributed by atoms with Crippen LogP contribution in [0.15, 0.2) is 16.7 Å². The van der Waals surface area contributed by atoms with Crippen molar-refractivity contribution in [3.05, 3.63) is 22.3 Å². The van der Waals surface area contributed by atoms with Crippen LogP contribution in [0.4, 0.5) is 23.8 Å². The molecule has 156 valence electrons. The van der Waals surface area contributed by atoms with E-state index in [-0.39, 0.29) is 22.6 Å². The number of fused-ring (bicyclic) bond motifs is 1. The molecule has 2 aliphatic heterocycles. The SMILES string of the molecule is CC(C)(C)OC(=O)N1CCO[C@@H]2CCN(c3cc(C(F)(F)F)cc(Br)n3)C[C@H]21. The lowest BCUT2D eigenvalue weighted by atomic mass is 9.99. The Labute approximate surface area is 170 Å². The summed E-state index contributed by atoms with van der Waals surface area (Å²) in [5.41, 5.74) is -1.40. The van der Waals surface area contributed by atoms with Crippen molar-refractivity contribution in [2.24, 2.45) is 0 Å². The molecule has 1 aromatic rings. The Balaban J connectivity index is 1.82. The van der Waals surface area contributed by atoms with Gasteiger partial charge in [-0.25, -0.2) is 9.78 Å². The van der Waals surface area contributed by atoms with Crippen LogP contribution in [0.5, 0.6) is 0 Å². The highest BCUT2D eigenvalue weighted by atomic mass is 79.9. The molecule has 0 spiro atoms. The van der Waals surface area contributed by atoms with Crippen LogP contribution in [-0.4, -0.2) is 60.0 Å². The summed E-state index contributed by atoms with van der Waals surface area (Å²) in [7, 11) is 0. The number of piperidine rings is 1. The maximum Gasteiger partial charge on any atom is 0.416 e. The van der Waals surface area contributed by atoms with E-state index in [1.165, 1.54) is 0 Å². The van der Waals surface area contributed by atoms with Crippen LogP contribution in [0.1, 0.15) is 32.8 Å². The minimum atomic E-state index is -4.46. The molecule has 0 bridgehead atoms. The number of hydrogen-bond donors (Lipinski definition) is 0. The number of morpholine rings is 1. The van der Waals surface area contributed by atoms with Crippen molar-refractivity contribution in [2.45, 2.75) is 51.1 Å². The smallest absolute Gasteiger partial charge is 0.416 e. The first kappa shape index (κ1) is 21.2. The molecule has 2 saturated heterocycles. The van der Waals surface area contributed by atoms with E-state index in [0.717, 1.165) is 12.1 Å². The molecule has 0 N–H and O–H groups in total. The van der Waals surface area contributed by atoms with E-state index in [0.29, 0.717) is 32.7 Å². The van der Waals surface area contributed by atoms with E-state index in [4.69, 9.17) is 9.47 Å². The summed E-state index contributed by atoms with van der Waals surface area (Å²) < 4.78 is 50.9. The normalized spacial score (nSPS) is 23.4. The summed E-state index contributed by atoms with van der Waals surface area (Å²) >= 11 is 3.06. The summed E-state index contributed by atoms with van der Waals surface area (Å²) in [5, 5.41) is 0. The highest BCUT2D eigenvalue weighted by Crippen LogP contribution is 2.34. The maximum absolute atomic E-state index is 13.2. The lowest BCUT2D eigenvalue weighted by molar-refractivity contribution is -0.137.